The van der Waals surface area contributed by atoms with E-state index in [1.54, 1.807) is 30.3 Å². The normalized spacial score (nSPS) is 12.1. The first-order valence-corrected chi connectivity index (χ1v) is 12.6. The van der Waals surface area contributed by atoms with Gasteiger partial charge in [-0.3, -0.25) is 23.7 Å². The highest BCUT2D eigenvalue weighted by molar-refractivity contribution is 6.31. The van der Waals surface area contributed by atoms with Crippen LogP contribution in [-0.2, 0) is 9.53 Å². The van der Waals surface area contributed by atoms with Crippen LogP contribution < -0.4 is 21.3 Å². The highest BCUT2D eigenvalue weighted by Gasteiger charge is 2.25. The van der Waals surface area contributed by atoms with E-state index in [1.807, 2.05) is 20.8 Å². The molecule has 0 spiro atoms. The molecule has 9 nitrogen and oxygen atoms in total. The Balaban J connectivity index is 2.05. The Hall–Kier alpha value is -3.95. The summed E-state index contributed by atoms with van der Waals surface area (Å²) in [6, 6.07) is 11.2. The minimum absolute atomic E-state index is 0.181. The van der Waals surface area contributed by atoms with E-state index >= 15 is 0 Å². The van der Waals surface area contributed by atoms with Crippen molar-refractivity contribution >= 4 is 34.9 Å². The molecule has 3 N–H and O–H groups in total. The summed E-state index contributed by atoms with van der Waals surface area (Å²) in [5.74, 6) is -0.980. The van der Waals surface area contributed by atoms with Gasteiger partial charge in [0.05, 0.1) is 18.9 Å². The van der Waals surface area contributed by atoms with Crippen molar-refractivity contribution in [3.63, 3.8) is 0 Å². The lowest BCUT2D eigenvalue weighted by atomic mass is 9.97. The number of ether oxygens (including phenoxy) is 2. The number of benzene rings is 2. The number of nitrogens with zero attached hydrogens (tertiary/aromatic N) is 1. The summed E-state index contributed by atoms with van der Waals surface area (Å²) in [5, 5.41) is 3.18. The molecule has 1 atom stereocenters. The molecule has 0 aliphatic heterocycles. The number of hydrogen-bond acceptors (Lipinski definition) is 6. The summed E-state index contributed by atoms with van der Waals surface area (Å²) in [5.41, 5.74) is 6.28. The van der Waals surface area contributed by atoms with Gasteiger partial charge in [0.25, 0.3) is 5.56 Å². The Morgan fingerprint density at radius 1 is 1.05 bits per heavy atom. The Morgan fingerprint density at radius 3 is 2.28 bits per heavy atom. The van der Waals surface area contributed by atoms with Crippen molar-refractivity contribution in [3.05, 3.63) is 81.2 Å². The van der Waals surface area contributed by atoms with Crippen LogP contribution in [0.25, 0.3) is 11.1 Å². The molecule has 0 aliphatic carbocycles. The number of methoxy groups -OCH3 is 1. The Bertz CT molecular complexity index is 1440. The quantitative estimate of drug-likeness (QED) is 0.345. The van der Waals surface area contributed by atoms with E-state index in [9.17, 15) is 19.2 Å². The number of rotatable bonds is 10. The molecule has 10 heteroatoms. The average molecular weight is 554 g/mol. The standard InChI is InChI=1S/C29H32ClN3O6/c1-17(34)21-11-8-19(30)14-22(21)23-15-26(35)33(16-25(23)38-5)24(12-13-39-29(2,3)4)28(37)32-20-9-6-18(7-10-20)27(31)36/h6-11,14-16,24H,12-13H2,1-5H3,(H2,31,36)(H,32,37). The lowest BCUT2D eigenvalue weighted by Gasteiger charge is -2.24. The third kappa shape index (κ3) is 7.55. The molecule has 39 heavy (non-hydrogen) atoms. The molecule has 2 amide bonds. The summed E-state index contributed by atoms with van der Waals surface area (Å²) in [6.07, 6.45) is 1.63. The van der Waals surface area contributed by atoms with Gasteiger partial charge in [0.1, 0.15) is 11.8 Å². The summed E-state index contributed by atoms with van der Waals surface area (Å²) < 4.78 is 12.7. The van der Waals surface area contributed by atoms with Crippen molar-refractivity contribution in [1.29, 1.82) is 0 Å². The second kappa shape index (κ2) is 12.3. The van der Waals surface area contributed by atoms with Gasteiger partial charge in [0, 0.05) is 46.5 Å². The molecule has 0 saturated carbocycles. The molecular formula is C29H32ClN3O6. The molecule has 1 heterocycles. The monoisotopic (exact) mass is 553 g/mol. The number of nitrogens with one attached hydrogen (secondary N) is 1. The van der Waals surface area contributed by atoms with Crippen LogP contribution in [0.4, 0.5) is 5.69 Å². The maximum Gasteiger partial charge on any atom is 0.252 e. The van der Waals surface area contributed by atoms with E-state index in [-0.39, 0.29) is 24.6 Å². The van der Waals surface area contributed by atoms with Gasteiger partial charge in [-0.25, -0.2) is 0 Å². The maximum atomic E-state index is 13.5. The fourth-order valence-electron chi connectivity index (χ4n) is 4.01. The predicted octanol–water partition coefficient (Wildman–Crippen LogP) is 4.86. The number of primary amides is 1. The van der Waals surface area contributed by atoms with Crippen molar-refractivity contribution < 1.29 is 23.9 Å². The van der Waals surface area contributed by atoms with Crippen molar-refractivity contribution in [3.8, 4) is 16.9 Å². The van der Waals surface area contributed by atoms with E-state index in [0.29, 0.717) is 33.0 Å². The molecule has 3 aromatic rings. The van der Waals surface area contributed by atoms with Crippen LogP contribution in [0.5, 0.6) is 5.75 Å². The minimum Gasteiger partial charge on any atom is -0.495 e. The van der Waals surface area contributed by atoms with Crippen molar-refractivity contribution in [2.24, 2.45) is 5.73 Å². The summed E-state index contributed by atoms with van der Waals surface area (Å²) in [4.78, 5) is 50.6. The number of Topliss-reactive ketones (excluding diaryl/α,β-unsaturated/α-hetero) is 1. The first-order valence-electron chi connectivity index (χ1n) is 12.3. The van der Waals surface area contributed by atoms with E-state index in [4.69, 9.17) is 26.8 Å². The molecule has 206 valence electrons. The van der Waals surface area contributed by atoms with Crippen molar-refractivity contribution in [2.45, 2.75) is 45.8 Å². The lowest BCUT2D eigenvalue weighted by molar-refractivity contribution is -0.120. The number of aromatic nitrogens is 1. The zero-order valence-electron chi connectivity index (χ0n) is 22.5. The largest absolute Gasteiger partial charge is 0.495 e. The van der Waals surface area contributed by atoms with Gasteiger partial charge in [-0.2, -0.15) is 0 Å². The topological polar surface area (TPSA) is 130 Å². The molecule has 3 rings (SSSR count). The van der Waals surface area contributed by atoms with Crippen LogP contribution in [0.2, 0.25) is 5.02 Å². The number of carbonyl (C=O) groups is 3. The third-order valence-electron chi connectivity index (χ3n) is 5.92. The smallest absolute Gasteiger partial charge is 0.252 e. The maximum absolute atomic E-state index is 13.5. The molecule has 1 unspecified atom stereocenters. The Morgan fingerprint density at radius 2 is 1.72 bits per heavy atom. The van der Waals surface area contributed by atoms with Gasteiger partial charge in [-0.05, 0) is 75.7 Å². The van der Waals surface area contributed by atoms with E-state index in [2.05, 4.69) is 5.32 Å². The number of halogens is 1. The van der Waals surface area contributed by atoms with Crippen LogP contribution >= 0.6 is 11.6 Å². The van der Waals surface area contributed by atoms with Crippen LogP contribution in [-0.4, -0.2) is 41.5 Å². The van der Waals surface area contributed by atoms with Crippen LogP contribution in [0.3, 0.4) is 0 Å². The third-order valence-corrected chi connectivity index (χ3v) is 6.15. The molecule has 0 radical (unpaired) electrons. The van der Waals surface area contributed by atoms with Crippen LogP contribution in [0.15, 0.2) is 59.5 Å². The molecule has 0 saturated heterocycles. The molecule has 0 aliphatic rings. The number of ketones is 1. The number of pyridine rings is 1. The highest BCUT2D eigenvalue weighted by atomic mass is 35.5. The lowest BCUT2D eigenvalue weighted by Crippen LogP contribution is -2.34. The Labute approximate surface area is 231 Å². The van der Waals surface area contributed by atoms with E-state index in [1.165, 1.54) is 43.0 Å². The summed E-state index contributed by atoms with van der Waals surface area (Å²) in [6.45, 7) is 7.30. The SMILES string of the molecule is COc1cn(C(CCOC(C)(C)C)C(=O)Nc2ccc(C(N)=O)cc2)c(=O)cc1-c1cc(Cl)ccc1C(C)=O. The second-order valence-corrected chi connectivity index (χ2v) is 10.4. The van der Waals surface area contributed by atoms with E-state index in [0.717, 1.165) is 0 Å². The first-order chi connectivity index (χ1) is 18.3. The summed E-state index contributed by atoms with van der Waals surface area (Å²) >= 11 is 6.20. The fourth-order valence-corrected chi connectivity index (χ4v) is 4.18. The average Bonchev–Trinajstić information content (AvgIpc) is 2.86. The Kier molecular flexibility index (Phi) is 9.32. The molecule has 2 aromatic carbocycles. The zero-order chi connectivity index (χ0) is 28.9. The number of carbonyl (C=O) groups excluding carboxylic acids is 3. The molecule has 0 fully saturated rings. The number of anilines is 1. The number of amides is 2. The number of hydrogen-bond donors (Lipinski definition) is 2. The van der Waals surface area contributed by atoms with Crippen LogP contribution in [0.1, 0.15) is 60.9 Å². The molecule has 1 aromatic heterocycles. The minimum atomic E-state index is -0.967. The second-order valence-electron chi connectivity index (χ2n) is 9.94. The van der Waals surface area contributed by atoms with Gasteiger partial charge in [0.2, 0.25) is 11.8 Å². The highest BCUT2D eigenvalue weighted by Crippen LogP contribution is 2.34. The van der Waals surface area contributed by atoms with Gasteiger partial charge in [-0.15, -0.1) is 0 Å². The molecular weight excluding hydrogens is 522 g/mol. The van der Waals surface area contributed by atoms with Gasteiger partial charge in [0.15, 0.2) is 5.78 Å². The summed E-state index contributed by atoms with van der Waals surface area (Å²) in [7, 11) is 1.43. The van der Waals surface area contributed by atoms with Gasteiger partial charge < -0.3 is 20.5 Å². The fraction of sp³-hybridized carbons (Fsp3) is 0.310. The molecule has 0 bridgehead atoms. The van der Waals surface area contributed by atoms with E-state index < -0.39 is 29.0 Å². The van der Waals surface area contributed by atoms with Crippen LogP contribution in [0, 0.1) is 0 Å². The van der Waals surface area contributed by atoms with Gasteiger partial charge in [-0.1, -0.05) is 11.6 Å². The number of nitrogens with two attached hydrogens (primary N) is 1. The predicted molar refractivity (Wildman–Crippen MR) is 151 cm³/mol. The van der Waals surface area contributed by atoms with Crippen molar-refractivity contribution in [1.82, 2.24) is 4.57 Å². The zero-order valence-corrected chi connectivity index (χ0v) is 23.3. The van der Waals surface area contributed by atoms with Crippen molar-refractivity contribution in [2.75, 3.05) is 19.0 Å². The van der Waals surface area contributed by atoms with Gasteiger partial charge >= 0.3 is 0 Å². The first kappa shape index (κ1) is 29.6.